The van der Waals surface area contributed by atoms with Crippen molar-refractivity contribution in [3.63, 3.8) is 0 Å². The fraction of sp³-hybridized carbons (Fsp3) is 0.556. The highest BCUT2D eigenvalue weighted by molar-refractivity contribution is 5.81. The van der Waals surface area contributed by atoms with Crippen LogP contribution in [-0.2, 0) is 17.5 Å². The number of halogens is 3. The Hall–Kier alpha value is -2.05. The summed E-state index contributed by atoms with van der Waals surface area (Å²) in [4.78, 5) is 16.1. The number of para-hydroxylation sites is 2. The number of benzene rings is 1. The molecule has 1 heterocycles. The Morgan fingerprint density at radius 1 is 1.28 bits per heavy atom. The zero-order valence-corrected chi connectivity index (χ0v) is 14.3. The highest BCUT2D eigenvalue weighted by Gasteiger charge is 2.38. The van der Waals surface area contributed by atoms with Gasteiger partial charge in [-0.05, 0) is 30.4 Å². The average molecular weight is 353 g/mol. The summed E-state index contributed by atoms with van der Waals surface area (Å²) in [6.45, 7) is 3.85. The number of carbonyl (C=O) groups excluding carboxylic acids is 1. The number of rotatable bonds is 3. The predicted molar refractivity (Wildman–Crippen MR) is 88.8 cm³/mol. The van der Waals surface area contributed by atoms with Gasteiger partial charge in [-0.3, -0.25) is 4.79 Å². The molecule has 25 heavy (non-hydrogen) atoms. The van der Waals surface area contributed by atoms with Gasteiger partial charge in [0.25, 0.3) is 0 Å². The van der Waals surface area contributed by atoms with Crippen LogP contribution in [0.3, 0.4) is 0 Å². The van der Waals surface area contributed by atoms with E-state index in [9.17, 15) is 18.0 Å². The first-order valence-electron chi connectivity index (χ1n) is 8.59. The van der Waals surface area contributed by atoms with Gasteiger partial charge in [0.05, 0.1) is 11.0 Å². The molecule has 3 unspecified atom stereocenters. The molecular weight excluding hydrogens is 331 g/mol. The number of aromatic nitrogens is 2. The molecule has 1 amide bonds. The Morgan fingerprint density at radius 2 is 2.00 bits per heavy atom. The third-order valence-electron chi connectivity index (χ3n) is 5.26. The molecule has 7 heteroatoms. The highest BCUT2D eigenvalue weighted by atomic mass is 19.4. The predicted octanol–water partition coefficient (Wildman–Crippen LogP) is 4.00. The second kappa shape index (κ2) is 6.69. The van der Waals surface area contributed by atoms with Gasteiger partial charge in [-0.15, -0.1) is 0 Å². The molecule has 0 aliphatic heterocycles. The van der Waals surface area contributed by atoms with Gasteiger partial charge in [0, 0.05) is 6.04 Å². The number of alkyl halides is 3. The summed E-state index contributed by atoms with van der Waals surface area (Å²) in [6, 6.07) is 6.36. The molecular formula is C18H22F3N3O. The molecule has 1 aromatic carbocycles. The molecule has 4 nitrogen and oxygen atoms in total. The fourth-order valence-corrected chi connectivity index (χ4v) is 3.63. The number of hydrogen-bond acceptors (Lipinski definition) is 2. The lowest BCUT2D eigenvalue weighted by molar-refractivity contribution is -0.147. The molecule has 0 bridgehead atoms. The molecule has 2 aromatic rings. The van der Waals surface area contributed by atoms with E-state index in [0.717, 1.165) is 23.8 Å². The molecule has 3 atom stereocenters. The quantitative estimate of drug-likeness (QED) is 0.907. The van der Waals surface area contributed by atoms with Gasteiger partial charge in [0.15, 0.2) is 0 Å². The van der Waals surface area contributed by atoms with Crippen molar-refractivity contribution in [2.75, 3.05) is 0 Å². The normalized spacial score (nSPS) is 24.4. The van der Waals surface area contributed by atoms with Gasteiger partial charge in [-0.2, -0.15) is 13.2 Å². The molecule has 1 aliphatic rings. The Labute approximate surface area is 144 Å². The van der Waals surface area contributed by atoms with Crippen LogP contribution in [0.1, 0.15) is 38.9 Å². The zero-order chi connectivity index (χ0) is 18.2. The zero-order valence-electron chi connectivity index (χ0n) is 14.3. The maximum absolute atomic E-state index is 13.3. The van der Waals surface area contributed by atoms with Crippen LogP contribution in [0, 0.1) is 11.8 Å². The number of nitrogens with one attached hydrogen (secondary N) is 1. The average Bonchev–Trinajstić information content (AvgIpc) is 2.91. The largest absolute Gasteiger partial charge is 0.449 e. The summed E-state index contributed by atoms with van der Waals surface area (Å²) >= 11 is 0. The smallest absolute Gasteiger partial charge is 0.352 e. The standard InChI is InChI=1S/C18H22F3N3O/c1-11-6-5-8-13(12(11)2)22-16(25)10-24-15-9-4-3-7-14(15)23-17(24)18(19,20)21/h3-4,7,9,11-13H,5-6,8,10H2,1-2H3,(H,22,25). The van der Waals surface area contributed by atoms with Gasteiger partial charge < -0.3 is 9.88 Å². The van der Waals surface area contributed by atoms with Crippen molar-refractivity contribution in [2.24, 2.45) is 11.8 Å². The van der Waals surface area contributed by atoms with E-state index < -0.39 is 17.9 Å². The van der Waals surface area contributed by atoms with Crippen molar-refractivity contribution < 1.29 is 18.0 Å². The highest BCUT2D eigenvalue weighted by Crippen LogP contribution is 2.32. The lowest BCUT2D eigenvalue weighted by Crippen LogP contribution is -2.45. The van der Waals surface area contributed by atoms with Crippen molar-refractivity contribution in [1.29, 1.82) is 0 Å². The summed E-state index contributed by atoms with van der Waals surface area (Å²) < 4.78 is 40.8. The van der Waals surface area contributed by atoms with E-state index >= 15 is 0 Å². The molecule has 0 radical (unpaired) electrons. The van der Waals surface area contributed by atoms with Crippen LogP contribution < -0.4 is 5.32 Å². The van der Waals surface area contributed by atoms with Crippen LogP contribution in [0.4, 0.5) is 13.2 Å². The van der Waals surface area contributed by atoms with E-state index in [0.29, 0.717) is 17.4 Å². The first kappa shape index (κ1) is 17.8. The van der Waals surface area contributed by atoms with Crippen LogP contribution in [0.15, 0.2) is 24.3 Å². The second-order valence-electron chi connectivity index (χ2n) is 6.95. The van der Waals surface area contributed by atoms with E-state index in [2.05, 4.69) is 24.1 Å². The van der Waals surface area contributed by atoms with Gasteiger partial charge in [-0.25, -0.2) is 4.98 Å². The van der Waals surface area contributed by atoms with E-state index in [1.807, 2.05) is 0 Å². The van der Waals surface area contributed by atoms with Crippen molar-refractivity contribution in [2.45, 2.75) is 51.9 Å². The number of amides is 1. The Balaban J connectivity index is 1.83. The summed E-state index contributed by atoms with van der Waals surface area (Å²) in [6.07, 6.45) is -1.59. The van der Waals surface area contributed by atoms with E-state index in [1.54, 1.807) is 18.2 Å². The first-order valence-corrected chi connectivity index (χ1v) is 8.59. The minimum atomic E-state index is -4.61. The van der Waals surface area contributed by atoms with Crippen LogP contribution >= 0.6 is 0 Å². The monoisotopic (exact) mass is 353 g/mol. The third kappa shape index (κ3) is 3.65. The number of imidazole rings is 1. The SMILES string of the molecule is CC1CCCC(NC(=O)Cn2c(C(F)(F)F)nc3ccccc32)C1C. The summed E-state index contributed by atoms with van der Waals surface area (Å²) in [5.74, 6) is -0.619. The molecule has 1 N–H and O–H groups in total. The first-order chi connectivity index (χ1) is 11.8. The van der Waals surface area contributed by atoms with E-state index in [4.69, 9.17) is 0 Å². The van der Waals surface area contributed by atoms with Gasteiger partial charge >= 0.3 is 6.18 Å². The van der Waals surface area contributed by atoms with Crippen molar-refractivity contribution in [3.05, 3.63) is 30.1 Å². The molecule has 0 spiro atoms. The Bertz CT molecular complexity index is 769. The van der Waals surface area contributed by atoms with E-state index in [-0.39, 0.29) is 18.1 Å². The number of fused-ring (bicyclic) bond motifs is 1. The maximum Gasteiger partial charge on any atom is 0.449 e. The van der Waals surface area contributed by atoms with Crippen LogP contribution in [0.5, 0.6) is 0 Å². The second-order valence-corrected chi connectivity index (χ2v) is 6.95. The topological polar surface area (TPSA) is 46.9 Å². The molecule has 3 rings (SSSR count). The Kier molecular flexibility index (Phi) is 4.75. The maximum atomic E-state index is 13.3. The summed E-state index contributed by atoms with van der Waals surface area (Å²) in [5.41, 5.74) is 0.553. The summed E-state index contributed by atoms with van der Waals surface area (Å²) in [5, 5.41) is 2.93. The van der Waals surface area contributed by atoms with Crippen LogP contribution in [0.25, 0.3) is 11.0 Å². The molecule has 136 valence electrons. The molecule has 1 fully saturated rings. The minimum Gasteiger partial charge on any atom is -0.352 e. The van der Waals surface area contributed by atoms with Crippen molar-refractivity contribution in [3.8, 4) is 0 Å². The minimum absolute atomic E-state index is 0.0142. The van der Waals surface area contributed by atoms with Gasteiger partial charge in [-0.1, -0.05) is 38.8 Å². The van der Waals surface area contributed by atoms with Crippen LogP contribution in [0.2, 0.25) is 0 Å². The summed E-state index contributed by atoms with van der Waals surface area (Å²) in [7, 11) is 0. The van der Waals surface area contributed by atoms with Gasteiger partial charge in [0.1, 0.15) is 6.54 Å². The van der Waals surface area contributed by atoms with Gasteiger partial charge in [0.2, 0.25) is 11.7 Å². The number of hydrogen-bond donors (Lipinski definition) is 1. The van der Waals surface area contributed by atoms with Crippen LogP contribution in [-0.4, -0.2) is 21.5 Å². The number of nitrogens with zero attached hydrogens (tertiary/aromatic N) is 2. The lowest BCUT2D eigenvalue weighted by atomic mass is 9.78. The van der Waals surface area contributed by atoms with Crippen molar-refractivity contribution in [1.82, 2.24) is 14.9 Å². The number of carbonyl (C=O) groups is 1. The Morgan fingerprint density at radius 3 is 2.72 bits per heavy atom. The third-order valence-corrected chi connectivity index (χ3v) is 5.26. The molecule has 0 saturated heterocycles. The van der Waals surface area contributed by atoms with E-state index in [1.165, 1.54) is 6.07 Å². The van der Waals surface area contributed by atoms with Crippen molar-refractivity contribution >= 4 is 16.9 Å². The molecule has 1 aromatic heterocycles. The lowest BCUT2D eigenvalue weighted by Gasteiger charge is -2.34. The fourth-order valence-electron chi connectivity index (χ4n) is 3.63. The molecule has 1 aliphatic carbocycles. The molecule has 1 saturated carbocycles.